The second-order valence-electron chi connectivity index (χ2n) is 31.5. The van der Waals surface area contributed by atoms with Crippen LogP contribution in [0.4, 0.5) is 0 Å². The summed E-state index contributed by atoms with van der Waals surface area (Å²) in [6.45, 7) is 12.1. The van der Waals surface area contributed by atoms with Crippen molar-refractivity contribution >= 4 is 39.5 Å². The third-order valence-corrected chi connectivity index (χ3v) is 22.5. The maximum atomic E-state index is 13.1. The van der Waals surface area contributed by atoms with Gasteiger partial charge in [-0.05, 0) is 43.4 Å². The van der Waals surface area contributed by atoms with Crippen LogP contribution in [0.3, 0.4) is 0 Å². The van der Waals surface area contributed by atoms with Crippen molar-refractivity contribution in [2.75, 3.05) is 39.6 Å². The minimum atomic E-state index is -4.97. The summed E-state index contributed by atoms with van der Waals surface area (Å²) in [7, 11) is -9.93. The molecule has 7 atom stereocenters. The van der Waals surface area contributed by atoms with Crippen molar-refractivity contribution in [2.45, 2.75) is 465 Å². The molecular formula is C85H166O17P2. The Morgan fingerprint density at radius 2 is 0.490 bits per heavy atom. The summed E-state index contributed by atoms with van der Waals surface area (Å²) in [4.78, 5) is 73.2. The first-order valence-corrected chi connectivity index (χ1v) is 46.9. The van der Waals surface area contributed by atoms with Gasteiger partial charge in [-0.15, -0.1) is 0 Å². The van der Waals surface area contributed by atoms with E-state index in [0.29, 0.717) is 25.7 Å². The van der Waals surface area contributed by atoms with E-state index in [1.807, 2.05) is 0 Å². The van der Waals surface area contributed by atoms with Gasteiger partial charge >= 0.3 is 39.5 Å². The molecule has 19 heteroatoms. The molecule has 3 N–H and O–H groups in total. The van der Waals surface area contributed by atoms with E-state index in [1.165, 1.54) is 257 Å². The molecule has 0 aliphatic rings. The number of rotatable bonds is 83. The topological polar surface area (TPSA) is 237 Å². The third-order valence-electron chi connectivity index (χ3n) is 20.6. The summed E-state index contributed by atoms with van der Waals surface area (Å²) >= 11 is 0. The number of phosphoric ester groups is 2. The quantitative estimate of drug-likeness (QED) is 0.0222. The van der Waals surface area contributed by atoms with Crippen molar-refractivity contribution in [1.29, 1.82) is 0 Å². The van der Waals surface area contributed by atoms with Crippen LogP contribution in [-0.2, 0) is 65.4 Å². The van der Waals surface area contributed by atoms with Gasteiger partial charge in [-0.1, -0.05) is 395 Å². The molecule has 0 aliphatic carbocycles. The highest BCUT2D eigenvalue weighted by Gasteiger charge is 2.30. The van der Waals surface area contributed by atoms with Crippen molar-refractivity contribution in [3.8, 4) is 0 Å². The number of hydrogen-bond donors (Lipinski definition) is 3. The van der Waals surface area contributed by atoms with Gasteiger partial charge in [0.2, 0.25) is 0 Å². The first-order chi connectivity index (χ1) is 50.3. The summed E-state index contributed by atoms with van der Waals surface area (Å²) in [5.74, 6) is 0.340. The first kappa shape index (κ1) is 102. The first-order valence-electron chi connectivity index (χ1n) is 43.9. The van der Waals surface area contributed by atoms with Crippen LogP contribution in [0.1, 0.15) is 447 Å². The predicted octanol–water partition coefficient (Wildman–Crippen LogP) is 25.7. The summed E-state index contributed by atoms with van der Waals surface area (Å²) in [5, 5.41) is 10.7. The molecule has 17 nitrogen and oxygen atoms in total. The van der Waals surface area contributed by atoms with E-state index in [4.69, 9.17) is 37.0 Å². The van der Waals surface area contributed by atoms with E-state index >= 15 is 0 Å². The lowest BCUT2D eigenvalue weighted by atomic mass is 9.99. The average Bonchev–Trinajstić information content (AvgIpc) is 0.943. The minimum Gasteiger partial charge on any atom is -0.462 e. The lowest BCUT2D eigenvalue weighted by molar-refractivity contribution is -0.161. The van der Waals surface area contributed by atoms with Crippen LogP contribution in [-0.4, -0.2) is 96.7 Å². The predicted molar refractivity (Wildman–Crippen MR) is 428 cm³/mol. The van der Waals surface area contributed by atoms with Gasteiger partial charge in [0, 0.05) is 25.7 Å². The maximum Gasteiger partial charge on any atom is 0.472 e. The van der Waals surface area contributed by atoms with E-state index in [0.717, 1.165) is 108 Å². The van der Waals surface area contributed by atoms with Crippen molar-refractivity contribution in [1.82, 2.24) is 0 Å². The van der Waals surface area contributed by atoms with Crippen LogP contribution in [0.25, 0.3) is 0 Å². The fraction of sp³-hybridized carbons (Fsp3) is 0.953. The molecule has 0 fully saturated rings. The molecule has 0 heterocycles. The highest BCUT2D eigenvalue weighted by molar-refractivity contribution is 7.47. The zero-order valence-corrected chi connectivity index (χ0v) is 70.3. The van der Waals surface area contributed by atoms with E-state index in [9.17, 15) is 43.2 Å². The van der Waals surface area contributed by atoms with Crippen LogP contribution >= 0.6 is 15.6 Å². The lowest BCUT2D eigenvalue weighted by Gasteiger charge is -2.21. The Morgan fingerprint density at radius 3 is 0.731 bits per heavy atom. The van der Waals surface area contributed by atoms with Crippen LogP contribution in [0.15, 0.2) is 0 Å². The summed E-state index contributed by atoms with van der Waals surface area (Å²) in [5.41, 5.74) is 0. The van der Waals surface area contributed by atoms with Gasteiger partial charge in [-0.25, -0.2) is 9.13 Å². The number of esters is 4. The molecule has 0 aliphatic heterocycles. The van der Waals surface area contributed by atoms with Crippen molar-refractivity contribution in [3.63, 3.8) is 0 Å². The Labute approximate surface area is 638 Å². The normalized spacial score (nSPS) is 14.4. The van der Waals surface area contributed by atoms with Crippen molar-refractivity contribution < 1.29 is 80.2 Å². The molecule has 0 saturated carbocycles. The Kier molecular flexibility index (Phi) is 73.7. The van der Waals surface area contributed by atoms with Crippen LogP contribution in [0.2, 0.25) is 0 Å². The molecule has 0 amide bonds. The number of aliphatic hydroxyl groups excluding tert-OH is 1. The van der Waals surface area contributed by atoms with E-state index in [2.05, 4.69) is 48.5 Å². The molecule has 4 unspecified atom stereocenters. The fourth-order valence-electron chi connectivity index (χ4n) is 13.1. The zero-order chi connectivity index (χ0) is 76.5. The van der Waals surface area contributed by atoms with E-state index < -0.39 is 97.5 Å². The highest BCUT2D eigenvalue weighted by Crippen LogP contribution is 2.45. The minimum absolute atomic E-state index is 0.105. The molecule has 0 saturated heterocycles. The number of carbonyl (C=O) groups excluding carboxylic acids is 4. The van der Waals surface area contributed by atoms with Gasteiger partial charge in [0.25, 0.3) is 0 Å². The Morgan fingerprint density at radius 1 is 0.279 bits per heavy atom. The second kappa shape index (κ2) is 75.1. The van der Waals surface area contributed by atoms with Crippen molar-refractivity contribution in [2.24, 2.45) is 17.8 Å². The third kappa shape index (κ3) is 75.5. The van der Waals surface area contributed by atoms with Crippen LogP contribution in [0, 0.1) is 17.8 Å². The van der Waals surface area contributed by atoms with E-state index in [1.54, 1.807) is 0 Å². The van der Waals surface area contributed by atoms with E-state index in [-0.39, 0.29) is 25.7 Å². The van der Waals surface area contributed by atoms with Gasteiger partial charge in [0.15, 0.2) is 12.2 Å². The van der Waals surface area contributed by atoms with Crippen LogP contribution in [0.5, 0.6) is 0 Å². The molecule has 0 radical (unpaired) electrons. The smallest absolute Gasteiger partial charge is 0.462 e. The number of hydrogen-bond acceptors (Lipinski definition) is 15. The number of ether oxygens (including phenoxy) is 4. The largest absolute Gasteiger partial charge is 0.472 e. The number of unbranched alkanes of at least 4 members (excludes halogenated alkanes) is 49. The molecule has 0 spiro atoms. The van der Waals surface area contributed by atoms with Crippen molar-refractivity contribution in [3.05, 3.63) is 0 Å². The van der Waals surface area contributed by atoms with Gasteiger partial charge < -0.3 is 33.8 Å². The zero-order valence-electron chi connectivity index (χ0n) is 68.5. The monoisotopic (exact) mass is 1520 g/mol. The highest BCUT2D eigenvalue weighted by atomic mass is 31.2. The number of carbonyl (C=O) groups is 4. The van der Waals surface area contributed by atoms with Gasteiger partial charge in [0.1, 0.15) is 19.3 Å². The summed E-state index contributed by atoms with van der Waals surface area (Å²) < 4.78 is 68.8. The standard InChI is InChI=1S/C85H166O17P2/c1-8-11-12-13-14-15-16-32-37-45-52-59-66-82(87)96-73-81(102-85(90)69-62-55-48-41-40-44-51-58-65-78(7)10-3)75-100-104(93,94)98-71-79(86)70-97-103(91,92)99-74-80(72-95-83(88)67-60-53-46-38-33-28-25-21-22-26-30-35-42-49-56-63-76(4)5)101-84(89)68-61-54-47-39-34-29-24-20-18-17-19-23-27-31-36-43-50-57-64-77(6)9-2/h76-81,86H,8-75H2,1-7H3,(H,91,92)(H,93,94)/t77?,78?,79-,80-,81-/m1/s1. The molecule has 0 bridgehead atoms. The Hall–Kier alpha value is -1.94. The number of aliphatic hydroxyl groups is 1. The molecule has 0 aromatic carbocycles. The average molecular weight is 1520 g/mol. The summed E-state index contributed by atoms with van der Waals surface area (Å²) in [6, 6.07) is 0. The van der Waals surface area contributed by atoms with Gasteiger partial charge in [0.05, 0.1) is 26.4 Å². The molecule has 0 aromatic heterocycles. The Bertz CT molecular complexity index is 2010. The number of phosphoric acid groups is 2. The second-order valence-corrected chi connectivity index (χ2v) is 34.4. The molecule has 0 rings (SSSR count). The molecule has 618 valence electrons. The Balaban J connectivity index is 5.23. The fourth-order valence-corrected chi connectivity index (χ4v) is 14.7. The lowest BCUT2D eigenvalue weighted by Crippen LogP contribution is -2.30. The SMILES string of the molecule is CCCCCCCCCCCCCCC(=O)OC[C@H](COP(=O)(O)OC[C@H](O)COP(=O)(O)OC[C@@H](COC(=O)CCCCCCCCCCCCCCCCCC(C)C)OC(=O)CCCCCCCCCCCCCCCCCCCCC(C)CC)OC(=O)CCCCCCCCCCC(C)CC. The molecular weight excluding hydrogens is 1350 g/mol. The maximum absolute atomic E-state index is 13.1. The summed E-state index contributed by atoms with van der Waals surface area (Å²) in [6.07, 6.45) is 65.1. The molecule has 0 aromatic rings. The van der Waals surface area contributed by atoms with Crippen LogP contribution < -0.4 is 0 Å². The van der Waals surface area contributed by atoms with Gasteiger partial charge in [-0.2, -0.15) is 0 Å². The van der Waals surface area contributed by atoms with Gasteiger partial charge in [-0.3, -0.25) is 37.3 Å². The molecule has 104 heavy (non-hydrogen) atoms.